The predicted molar refractivity (Wildman–Crippen MR) is 103 cm³/mol. The number of hydrogen-bond donors (Lipinski definition) is 0. The summed E-state index contributed by atoms with van der Waals surface area (Å²) in [5.41, 5.74) is 2.95. The number of methoxy groups -OCH3 is 3. The molecule has 0 amide bonds. The van der Waals surface area contributed by atoms with Gasteiger partial charge in [-0.2, -0.15) is 0 Å². The second-order valence-electron chi connectivity index (χ2n) is 6.11. The van der Waals surface area contributed by atoms with Gasteiger partial charge in [0.1, 0.15) is 6.33 Å². The Hall–Kier alpha value is -3.48. The van der Waals surface area contributed by atoms with E-state index in [0.717, 1.165) is 28.0 Å². The Morgan fingerprint density at radius 1 is 0.889 bits per heavy atom. The molecule has 2 heterocycles. The lowest BCUT2D eigenvalue weighted by Crippen LogP contribution is -2.01. The number of fused-ring (bicyclic) bond motifs is 1. The molecule has 4 rings (SSSR count). The van der Waals surface area contributed by atoms with E-state index in [-0.39, 0.29) is 0 Å². The van der Waals surface area contributed by atoms with Crippen molar-refractivity contribution in [1.82, 2.24) is 19.3 Å². The van der Waals surface area contributed by atoms with Crippen molar-refractivity contribution < 1.29 is 14.2 Å². The lowest BCUT2D eigenvalue weighted by atomic mass is 10.1. The van der Waals surface area contributed by atoms with E-state index < -0.39 is 0 Å². The van der Waals surface area contributed by atoms with Crippen molar-refractivity contribution in [1.29, 1.82) is 0 Å². The Morgan fingerprint density at radius 2 is 1.63 bits per heavy atom. The number of hydrogen-bond acceptors (Lipinski definition) is 5. The van der Waals surface area contributed by atoms with Gasteiger partial charge in [0, 0.05) is 41.8 Å². The van der Waals surface area contributed by atoms with Crippen molar-refractivity contribution in [3.63, 3.8) is 0 Å². The van der Waals surface area contributed by atoms with Crippen LogP contribution in [0.4, 0.5) is 0 Å². The molecule has 0 aliphatic carbocycles. The molecule has 4 aromatic rings. The van der Waals surface area contributed by atoms with E-state index in [1.54, 1.807) is 27.7 Å². The van der Waals surface area contributed by atoms with Crippen LogP contribution in [0.5, 0.6) is 17.2 Å². The van der Waals surface area contributed by atoms with E-state index in [9.17, 15) is 0 Å². The number of nitrogens with zero attached hydrogens (tertiary/aromatic N) is 4. The fraction of sp³-hybridized carbons (Fsp3) is 0.200. The maximum Gasteiger partial charge on any atom is 0.203 e. The summed E-state index contributed by atoms with van der Waals surface area (Å²) in [6, 6.07) is 12.1. The van der Waals surface area contributed by atoms with Crippen molar-refractivity contribution in [2.45, 2.75) is 0 Å². The van der Waals surface area contributed by atoms with E-state index in [4.69, 9.17) is 14.2 Å². The van der Waals surface area contributed by atoms with Crippen molar-refractivity contribution in [2.24, 2.45) is 7.05 Å². The van der Waals surface area contributed by atoms with Gasteiger partial charge in [-0.3, -0.25) is 4.57 Å². The SMILES string of the molecule is COc1cc(-n2cnnc2-c2ccc3c(ccn3C)c2)cc(OC)c1OC. The van der Waals surface area contributed by atoms with Crippen LogP contribution in [0.25, 0.3) is 28.0 Å². The number of ether oxygens (including phenoxy) is 3. The summed E-state index contributed by atoms with van der Waals surface area (Å²) < 4.78 is 20.3. The number of rotatable bonds is 5. The van der Waals surface area contributed by atoms with Crippen LogP contribution in [-0.4, -0.2) is 40.7 Å². The van der Waals surface area contributed by atoms with Gasteiger partial charge in [-0.1, -0.05) is 0 Å². The van der Waals surface area contributed by atoms with Gasteiger partial charge >= 0.3 is 0 Å². The molecule has 0 spiro atoms. The van der Waals surface area contributed by atoms with Gasteiger partial charge in [0.15, 0.2) is 17.3 Å². The minimum atomic E-state index is 0.545. The Kier molecular flexibility index (Phi) is 4.19. The average Bonchev–Trinajstić information content (AvgIpc) is 3.33. The van der Waals surface area contributed by atoms with E-state index >= 15 is 0 Å². The molecule has 0 unspecified atom stereocenters. The zero-order valence-electron chi connectivity index (χ0n) is 15.6. The van der Waals surface area contributed by atoms with E-state index in [1.165, 1.54) is 0 Å². The van der Waals surface area contributed by atoms with Crippen LogP contribution in [-0.2, 0) is 7.05 Å². The van der Waals surface area contributed by atoms with Gasteiger partial charge in [-0.25, -0.2) is 0 Å². The first kappa shape index (κ1) is 17.0. The summed E-state index contributed by atoms with van der Waals surface area (Å²) in [6.45, 7) is 0. The molecule has 2 aromatic heterocycles. The summed E-state index contributed by atoms with van der Waals surface area (Å²) >= 11 is 0. The third-order valence-corrected chi connectivity index (χ3v) is 4.62. The van der Waals surface area contributed by atoms with Gasteiger partial charge in [0.2, 0.25) is 5.75 Å². The highest BCUT2D eigenvalue weighted by Gasteiger charge is 2.17. The van der Waals surface area contributed by atoms with Crippen molar-refractivity contribution in [3.05, 3.63) is 48.9 Å². The first-order valence-corrected chi connectivity index (χ1v) is 8.42. The second kappa shape index (κ2) is 6.68. The predicted octanol–water partition coefficient (Wildman–Crippen LogP) is 3.45. The van der Waals surface area contributed by atoms with Crippen LogP contribution in [0.2, 0.25) is 0 Å². The highest BCUT2D eigenvalue weighted by atomic mass is 16.5. The van der Waals surface area contributed by atoms with Gasteiger partial charge in [0.05, 0.1) is 27.0 Å². The number of aryl methyl sites for hydroxylation is 1. The molecular weight excluding hydrogens is 344 g/mol. The van der Waals surface area contributed by atoms with Crippen LogP contribution in [0.1, 0.15) is 0 Å². The Balaban J connectivity index is 1.86. The molecule has 0 aliphatic rings. The summed E-state index contributed by atoms with van der Waals surface area (Å²) in [6.07, 6.45) is 3.71. The fourth-order valence-corrected chi connectivity index (χ4v) is 3.25. The molecule has 0 saturated heterocycles. The van der Waals surface area contributed by atoms with Crippen LogP contribution in [0.3, 0.4) is 0 Å². The Labute approximate surface area is 156 Å². The molecule has 0 bridgehead atoms. The fourth-order valence-electron chi connectivity index (χ4n) is 3.25. The Bertz CT molecular complexity index is 1090. The molecule has 2 aromatic carbocycles. The second-order valence-corrected chi connectivity index (χ2v) is 6.11. The first-order chi connectivity index (χ1) is 13.2. The first-order valence-electron chi connectivity index (χ1n) is 8.42. The molecule has 0 aliphatic heterocycles. The summed E-state index contributed by atoms with van der Waals surface area (Å²) in [5, 5.41) is 9.58. The minimum Gasteiger partial charge on any atom is -0.493 e. The molecule has 0 radical (unpaired) electrons. The monoisotopic (exact) mass is 364 g/mol. The molecule has 7 nitrogen and oxygen atoms in total. The maximum atomic E-state index is 5.46. The molecule has 138 valence electrons. The summed E-state index contributed by atoms with van der Waals surface area (Å²) in [5.74, 6) is 2.43. The molecule has 0 atom stereocenters. The smallest absolute Gasteiger partial charge is 0.203 e. The maximum absolute atomic E-state index is 5.46. The Morgan fingerprint density at radius 3 is 2.30 bits per heavy atom. The lowest BCUT2D eigenvalue weighted by molar-refractivity contribution is 0.324. The lowest BCUT2D eigenvalue weighted by Gasteiger charge is -2.15. The molecule has 27 heavy (non-hydrogen) atoms. The standard InChI is InChI=1S/C20H20N4O3/c1-23-8-7-13-9-14(5-6-16(13)23)20-22-21-12-24(20)15-10-17(25-2)19(27-4)18(11-15)26-3/h5-12H,1-4H3. The highest BCUT2D eigenvalue weighted by Crippen LogP contribution is 2.40. The molecular formula is C20H20N4O3. The van der Waals surface area contributed by atoms with Crippen molar-refractivity contribution >= 4 is 10.9 Å². The van der Waals surface area contributed by atoms with Gasteiger partial charge in [-0.15, -0.1) is 10.2 Å². The van der Waals surface area contributed by atoms with Crippen molar-refractivity contribution in [3.8, 4) is 34.3 Å². The van der Waals surface area contributed by atoms with Crippen LogP contribution in [0, 0.1) is 0 Å². The normalized spacial score (nSPS) is 11.0. The van der Waals surface area contributed by atoms with E-state index in [0.29, 0.717) is 17.2 Å². The average molecular weight is 364 g/mol. The number of benzene rings is 2. The van der Waals surface area contributed by atoms with Gasteiger partial charge in [-0.05, 0) is 24.3 Å². The third kappa shape index (κ3) is 2.77. The molecule has 0 saturated carbocycles. The van der Waals surface area contributed by atoms with Crippen molar-refractivity contribution in [2.75, 3.05) is 21.3 Å². The van der Waals surface area contributed by atoms with E-state index in [1.807, 2.05) is 36.0 Å². The quantitative estimate of drug-likeness (QED) is 0.543. The number of aromatic nitrogens is 4. The topological polar surface area (TPSA) is 63.3 Å². The molecule has 7 heteroatoms. The summed E-state index contributed by atoms with van der Waals surface area (Å²) in [7, 11) is 6.80. The third-order valence-electron chi connectivity index (χ3n) is 4.62. The van der Waals surface area contributed by atoms with E-state index in [2.05, 4.69) is 33.0 Å². The summed E-state index contributed by atoms with van der Waals surface area (Å²) in [4.78, 5) is 0. The minimum absolute atomic E-state index is 0.545. The largest absolute Gasteiger partial charge is 0.493 e. The molecule has 0 fully saturated rings. The van der Waals surface area contributed by atoms with Crippen LogP contribution in [0.15, 0.2) is 48.9 Å². The van der Waals surface area contributed by atoms with Gasteiger partial charge in [0.25, 0.3) is 0 Å². The zero-order chi connectivity index (χ0) is 19.0. The van der Waals surface area contributed by atoms with Gasteiger partial charge < -0.3 is 18.8 Å². The van der Waals surface area contributed by atoms with Crippen LogP contribution < -0.4 is 14.2 Å². The highest BCUT2D eigenvalue weighted by molar-refractivity contribution is 5.84. The molecule has 0 N–H and O–H groups in total. The zero-order valence-corrected chi connectivity index (χ0v) is 15.6. The van der Waals surface area contributed by atoms with Crippen LogP contribution >= 0.6 is 0 Å².